The highest BCUT2D eigenvalue weighted by Gasteiger charge is 2.21. The largest absolute Gasteiger partial charge is 0.478 e. The summed E-state index contributed by atoms with van der Waals surface area (Å²) in [4.78, 5) is 22.3. The Morgan fingerprint density at radius 2 is 1.67 bits per heavy atom. The Bertz CT molecular complexity index is 939. The number of carbonyl (C=O) groups is 2. The van der Waals surface area contributed by atoms with Crippen molar-refractivity contribution in [2.75, 3.05) is 4.72 Å². The van der Waals surface area contributed by atoms with Crippen LogP contribution in [0.15, 0.2) is 41.3 Å². The predicted molar refractivity (Wildman–Crippen MR) is 95.1 cm³/mol. The third kappa shape index (κ3) is 3.67. The molecule has 126 valence electrons. The second-order valence-corrected chi connectivity index (χ2v) is 7.59. The molecule has 0 atom stereocenters. The van der Waals surface area contributed by atoms with Crippen LogP contribution in [0.5, 0.6) is 0 Å². The first-order valence-corrected chi connectivity index (χ1v) is 9.08. The number of benzene rings is 2. The molecule has 0 spiro atoms. The van der Waals surface area contributed by atoms with Crippen LogP contribution in [-0.4, -0.2) is 30.6 Å². The Balaban J connectivity index is 2.47. The molecule has 2 rings (SSSR count). The Labute approximate surface area is 151 Å². The maximum Gasteiger partial charge on any atom is 0.336 e. The highest BCUT2D eigenvalue weighted by atomic mass is 127. The van der Waals surface area contributed by atoms with Crippen molar-refractivity contribution in [3.8, 4) is 0 Å². The van der Waals surface area contributed by atoms with Gasteiger partial charge in [0.05, 0.1) is 11.1 Å². The zero-order valence-electron chi connectivity index (χ0n) is 12.3. The topological polar surface area (TPSA) is 121 Å². The molecule has 0 aliphatic rings. The zero-order chi connectivity index (χ0) is 18.1. The number of rotatable bonds is 5. The molecule has 0 aromatic heterocycles. The molecule has 0 fully saturated rings. The highest BCUT2D eigenvalue weighted by Crippen LogP contribution is 2.25. The van der Waals surface area contributed by atoms with Gasteiger partial charge in [-0.1, -0.05) is 12.1 Å². The van der Waals surface area contributed by atoms with E-state index in [2.05, 4.69) is 4.72 Å². The van der Waals surface area contributed by atoms with Crippen molar-refractivity contribution in [1.29, 1.82) is 0 Å². The molecule has 3 N–H and O–H groups in total. The summed E-state index contributed by atoms with van der Waals surface area (Å²) in [6.45, 7) is 1.77. The minimum Gasteiger partial charge on any atom is -0.478 e. The Morgan fingerprint density at radius 1 is 1.04 bits per heavy atom. The van der Waals surface area contributed by atoms with E-state index in [0.717, 1.165) is 17.7 Å². The molecule has 0 amide bonds. The molecule has 0 saturated heterocycles. The number of halogens is 1. The van der Waals surface area contributed by atoms with Crippen LogP contribution < -0.4 is 4.72 Å². The quantitative estimate of drug-likeness (QED) is 0.589. The number of hydrogen-bond acceptors (Lipinski definition) is 4. The Hall–Kier alpha value is -2.14. The zero-order valence-corrected chi connectivity index (χ0v) is 15.3. The summed E-state index contributed by atoms with van der Waals surface area (Å²) in [6.07, 6.45) is 0. The minimum atomic E-state index is -3.94. The lowest BCUT2D eigenvalue weighted by Gasteiger charge is -2.12. The molecule has 0 radical (unpaired) electrons. The molecule has 0 aliphatic heterocycles. The lowest BCUT2D eigenvalue weighted by molar-refractivity contribution is 0.0651. The maximum absolute atomic E-state index is 12.5. The van der Waals surface area contributed by atoms with Crippen LogP contribution >= 0.6 is 22.6 Å². The second-order valence-electron chi connectivity index (χ2n) is 4.86. The van der Waals surface area contributed by atoms with Gasteiger partial charge < -0.3 is 10.2 Å². The van der Waals surface area contributed by atoms with Crippen LogP contribution in [-0.2, 0) is 10.0 Å². The number of sulfonamides is 1. The number of carboxylic acid groups (broad SMARTS) is 2. The summed E-state index contributed by atoms with van der Waals surface area (Å²) in [5.74, 6) is -2.87. The number of carboxylic acids is 2. The van der Waals surface area contributed by atoms with Crippen molar-refractivity contribution < 1.29 is 28.2 Å². The lowest BCUT2D eigenvalue weighted by Crippen LogP contribution is -2.16. The SMILES string of the molecule is Cc1cccc(S(=O)(=O)Nc2ccc(C(=O)O)c(C(=O)O)c2)c1I. The molecule has 0 heterocycles. The second kappa shape index (κ2) is 6.77. The van der Waals surface area contributed by atoms with Crippen molar-refractivity contribution in [2.45, 2.75) is 11.8 Å². The predicted octanol–water partition coefficient (Wildman–Crippen LogP) is 2.80. The lowest BCUT2D eigenvalue weighted by atomic mass is 10.1. The van der Waals surface area contributed by atoms with Gasteiger partial charge >= 0.3 is 11.9 Å². The summed E-state index contributed by atoms with van der Waals surface area (Å²) in [7, 11) is -3.94. The molecule has 0 bridgehead atoms. The van der Waals surface area contributed by atoms with E-state index in [4.69, 9.17) is 10.2 Å². The highest BCUT2D eigenvalue weighted by molar-refractivity contribution is 14.1. The van der Waals surface area contributed by atoms with Crippen LogP contribution in [0.4, 0.5) is 5.69 Å². The molecule has 0 aliphatic carbocycles. The standard InChI is InChI=1S/C15H12INO6S/c1-8-3-2-4-12(13(8)16)24(22,23)17-9-5-6-10(14(18)19)11(7-9)15(20)21/h2-7,17H,1H3,(H,18,19)(H,20,21). The molecule has 2 aromatic rings. The van der Waals surface area contributed by atoms with E-state index in [0.29, 0.717) is 3.57 Å². The third-order valence-electron chi connectivity index (χ3n) is 3.18. The first kappa shape index (κ1) is 18.2. The van der Waals surface area contributed by atoms with Crippen LogP contribution in [0.3, 0.4) is 0 Å². The third-order valence-corrected chi connectivity index (χ3v) is 6.40. The number of anilines is 1. The van der Waals surface area contributed by atoms with Crippen LogP contribution in [0.2, 0.25) is 0 Å². The fourth-order valence-corrected chi connectivity index (χ4v) is 4.44. The average molecular weight is 461 g/mol. The summed E-state index contributed by atoms with van der Waals surface area (Å²) in [5, 5.41) is 18.1. The Morgan fingerprint density at radius 3 is 2.25 bits per heavy atom. The number of hydrogen-bond donors (Lipinski definition) is 3. The molecule has 9 heteroatoms. The van der Waals surface area contributed by atoms with Gasteiger partial charge in [-0.3, -0.25) is 4.72 Å². The molecule has 7 nitrogen and oxygen atoms in total. The van der Waals surface area contributed by atoms with E-state index in [1.807, 2.05) is 22.6 Å². The molecule has 24 heavy (non-hydrogen) atoms. The Kier molecular flexibility index (Phi) is 5.13. The van der Waals surface area contributed by atoms with E-state index in [1.165, 1.54) is 12.1 Å². The molecular formula is C15H12INO6S. The van der Waals surface area contributed by atoms with Crippen molar-refractivity contribution in [3.63, 3.8) is 0 Å². The number of aromatic carboxylic acids is 2. The first-order valence-electron chi connectivity index (χ1n) is 6.52. The van der Waals surface area contributed by atoms with Crippen LogP contribution in [0.25, 0.3) is 0 Å². The average Bonchev–Trinajstić information content (AvgIpc) is 2.49. The molecule has 0 unspecified atom stereocenters. The van der Waals surface area contributed by atoms with E-state index in [-0.39, 0.29) is 10.6 Å². The summed E-state index contributed by atoms with van der Waals surface area (Å²) in [6, 6.07) is 8.03. The fourth-order valence-electron chi connectivity index (χ4n) is 2.01. The monoisotopic (exact) mass is 461 g/mol. The van der Waals surface area contributed by atoms with Gasteiger partial charge in [-0.15, -0.1) is 0 Å². The first-order chi connectivity index (χ1) is 11.1. The van der Waals surface area contributed by atoms with Crippen molar-refractivity contribution in [3.05, 3.63) is 56.7 Å². The smallest absolute Gasteiger partial charge is 0.336 e. The van der Waals surface area contributed by atoms with E-state index < -0.39 is 33.1 Å². The maximum atomic E-state index is 12.5. The number of nitrogens with one attached hydrogen (secondary N) is 1. The van der Waals surface area contributed by atoms with Gasteiger partial charge in [0.2, 0.25) is 0 Å². The summed E-state index contributed by atoms with van der Waals surface area (Å²) >= 11 is 1.91. The minimum absolute atomic E-state index is 0.0327. The van der Waals surface area contributed by atoms with E-state index >= 15 is 0 Å². The van der Waals surface area contributed by atoms with Crippen molar-refractivity contribution >= 4 is 50.2 Å². The van der Waals surface area contributed by atoms with Crippen LogP contribution in [0, 0.1) is 10.5 Å². The number of aryl methyl sites for hydroxylation is 1. The fraction of sp³-hybridized carbons (Fsp3) is 0.0667. The van der Waals surface area contributed by atoms with Crippen molar-refractivity contribution in [1.82, 2.24) is 0 Å². The van der Waals surface area contributed by atoms with Gasteiger partial charge in [0.15, 0.2) is 0 Å². The molecular weight excluding hydrogens is 449 g/mol. The van der Waals surface area contributed by atoms with Gasteiger partial charge in [-0.25, -0.2) is 18.0 Å². The van der Waals surface area contributed by atoms with Gasteiger partial charge in [-0.2, -0.15) is 0 Å². The van der Waals surface area contributed by atoms with Gasteiger partial charge in [0.1, 0.15) is 4.90 Å². The normalized spacial score (nSPS) is 11.1. The van der Waals surface area contributed by atoms with Gasteiger partial charge in [-0.05, 0) is 59.3 Å². The summed E-state index contributed by atoms with van der Waals surface area (Å²) < 4.78 is 27.8. The molecule has 2 aromatic carbocycles. The van der Waals surface area contributed by atoms with Crippen molar-refractivity contribution in [2.24, 2.45) is 0 Å². The summed E-state index contributed by atoms with van der Waals surface area (Å²) in [5.41, 5.74) is -0.169. The van der Waals surface area contributed by atoms with E-state index in [9.17, 15) is 18.0 Å². The molecule has 0 saturated carbocycles. The van der Waals surface area contributed by atoms with Crippen LogP contribution in [0.1, 0.15) is 26.3 Å². The van der Waals surface area contributed by atoms with Gasteiger partial charge in [0, 0.05) is 9.26 Å². The van der Waals surface area contributed by atoms with Gasteiger partial charge in [0.25, 0.3) is 10.0 Å². The van der Waals surface area contributed by atoms with E-state index in [1.54, 1.807) is 19.1 Å².